The summed E-state index contributed by atoms with van der Waals surface area (Å²) in [5.74, 6) is 0.408. The number of nitrogens with zero attached hydrogens (tertiary/aromatic N) is 2. The maximum Gasteiger partial charge on any atom is 0.242 e. The monoisotopic (exact) mass is 405 g/mol. The number of thiocarbonyl (C=S) groups is 1. The van der Waals surface area contributed by atoms with Gasteiger partial charge in [-0.05, 0) is 42.5 Å². The molecular weight excluding hydrogens is 390 g/mol. The summed E-state index contributed by atoms with van der Waals surface area (Å²) in [5, 5.41) is 5.02. The molecule has 3 aromatic carbocycles. The normalized spacial score (nSPS) is 10.5. The van der Waals surface area contributed by atoms with E-state index in [1.54, 1.807) is 0 Å². The van der Waals surface area contributed by atoms with E-state index in [2.05, 4.69) is 26.1 Å². The van der Waals surface area contributed by atoms with E-state index in [9.17, 15) is 0 Å². The minimum absolute atomic E-state index is 0.408. The molecule has 0 saturated carbocycles. The third-order valence-electron chi connectivity index (χ3n) is 4.02. The number of rotatable bonds is 4. The molecule has 4 aromatic rings. The van der Waals surface area contributed by atoms with Crippen LogP contribution in [0.4, 0.5) is 11.6 Å². The summed E-state index contributed by atoms with van der Waals surface area (Å²) < 4.78 is 0. The van der Waals surface area contributed by atoms with Crippen molar-refractivity contribution in [2.24, 2.45) is 0 Å². The van der Waals surface area contributed by atoms with Crippen molar-refractivity contribution in [3.8, 4) is 11.3 Å². The van der Waals surface area contributed by atoms with E-state index >= 15 is 0 Å². The van der Waals surface area contributed by atoms with Crippen molar-refractivity contribution in [1.29, 1.82) is 0 Å². The van der Waals surface area contributed by atoms with Crippen LogP contribution in [0.2, 0.25) is 5.02 Å². The van der Waals surface area contributed by atoms with E-state index < -0.39 is 0 Å². The zero-order chi connectivity index (χ0) is 19.3. The van der Waals surface area contributed by atoms with E-state index in [-0.39, 0.29) is 0 Å². The van der Waals surface area contributed by atoms with Crippen molar-refractivity contribution in [3.63, 3.8) is 0 Å². The molecule has 1 aromatic heterocycles. The quantitative estimate of drug-likeness (QED) is 0.318. The van der Waals surface area contributed by atoms with Gasteiger partial charge in [0.25, 0.3) is 0 Å². The van der Waals surface area contributed by atoms with Gasteiger partial charge in [0.05, 0.1) is 11.2 Å². The highest BCUT2D eigenvalue weighted by molar-refractivity contribution is 7.80. The molecule has 4 rings (SSSR count). The number of aromatic nitrogens is 2. The lowest BCUT2D eigenvalue weighted by molar-refractivity contribution is 1.06. The second kappa shape index (κ2) is 8.21. The van der Waals surface area contributed by atoms with Gasteiger partial charge in [0, 0.05) is 21.7 Å². The Hall–Kier alpha value is -3.22. The Balaban J connectivity index is 1.61. The summed E-state index contributed by atoms with van der Waals surface area (Å²) in [4.78, 5) is 9.21. The van der Waals surface area contributed by atoms with Crippen molar-refractivity contribution >= 4 is 51.5 Å². The molecule has 1 heterocycles. The fraction of sp³-hybridized carbons (Fsp3) is 0. The Kier molecular flexibility index (Phi) is 5.32. The predicted octanol–water partition coefficient (Wildman–Crippen LogP) is 5.26. The van der Waals surface area contributed by atoms with Crippen LogP contribution in [0, 0.1) is 0 Å². The summed E-state index contributed by atoms with van der Waals surface area (Å²) in [6.07, 6.45) is 0. The predicted molar refractivity (Wildman–Crippen MR) is 119 cm³/mol. The molecule has 0 atom stereocenters. The van der Waals surface area contributed by atoms with Crippen LogP contribution < -0.4 is 16.2 Å². The molecule has 5 nitrogen and oxygen atoms in total. The smallest absolute Gasteiger partial charge is 0.242 e. The van der Waals surface area contributed by atoms with Crippen molar-refractivity contribution in [3.05, 3.63) is 83.9 Å². The first kappa shape index (κ1) is 18.2. The fourth-order valence-electron chi connectivity index (χ4n) is 2.77. The number of fused-ring (bicyclic) bond motifs is 1. The van der Waals surface area contributed by atoms with Crippen LogP contribution in [-0.4, -0.2) is 15.1 Å². The van der Waals surface area contributed by atoms with E-state index in [1.165, 1.54) is 0 Å². The summed E-state index contributed by atoms with van der Waals surface area (Å²) in [7, 11) is 0. The number of nitrogens with one attached hydrogen (secondary N) is 3. The molecule has 0 aliphatic carbocycles. The number of halogens is 1. The van der Waals surface area contributed by atoms with E-state index in [1.807, 2.05) is 78.9 Å². The van der Waals surface area contributed by atoms with Crippen molar-refractivity contribution in [2.75, 3.05) is 10.7 Å². The number of anilines is 2. The average molecular weight is 406 g/mol. The van der Waals surface area contributed by atoms with Gasteiger partial charge in [-0.25, -0.2) is 9.97 Å². The summed E-state index contributed by atoms with van der Waals surface area (Å²) in [6.45, 7) is 0. The Morgan fingerprint density at radius 2 is 1.57 bits per heavy atom. The number of hydrazine groups is 1. The van der Waals surface area contributed by atoms with Crippen LogP contribution in [0.3, 0.4) is 0 Å². The zero-order valence-corrected chi connectivity index (χ0v) is 16.3. The van der Waals surface area contributed by atoms with Gasteiger partial charge in [0.15, 0.2) is 5.11 Å². The van der Waals surface area contributed by atoms with Crippen LogP contribution in [0.5, 0.6) is 0 Å². The molecule has 138 valence electrons. The van der Waals surface area contributed by atoms with Crippen molar-refractivity contribution in [2.45, 2.75) is 0 Å². The van der Waals surface area contributed by atoms with Gasteiger partial charge in [-0.2, -0.15) is 0 Å². The number of hydrogen-bond donors (Lipinski definition) is 3. The van der Waals surface area contributed by atoms with Gasteiger partial charge in [-0.15, -0.1) is 0 Å². The summed E-state index contributed by atoms with van der Waals surface area (Å²) in [6, 6.07) is 25.1. The number of para-hydroxylation sites is 1. The first-order chi connectivity index (χ1) is 13.7. The molecule has 3 N–H and O–H groups in total. The lowest BCUT2D eigenvalue weighted by Crippen LogP contribution is -2.34. The topological polar surface area (TPSA) is 61.9 Å². The van der Waals surface area contributed by atoms with Gasteiger partial charge in [0.1, 0.15) is 0 Å². The van der Waals surface area contributed by atoms with E-state index in [0.717, 1.165) is 27.8 Å². The Morgan fingerprint density at radius 1 is 0.857 bits per heavy atom. The average Bonchev–Trinajstić information content (AvgIpc) is 2.73. The Bertz CT molecular complexity index is 1120. The van der Waals surface area contributed by atoms with Crippen molar-refractivity contribution in [1.82, 2.24) is 15.4 Å². The second-order valence-electron chi connectivity index (χ2n) is 5.99. The van der Waals surface area contributed by atoms with Gasteiger partial charge >= 0.3 is 0 Å². The molecule has 0 bridgehead atoms. The van der Waals surface area contributed by atoms with E-state index in [0.29, 0.717) is 16.1 Å². The fourth-order valence-corrected chi connectivity index (χ4v) is 3.11. The molecule has 0 fully saturated rings. The first-order valence-electron chi connectivity index (χ1n) is 8.60. The van der Waals surface area contributed by atoms with Gasteiger partial charge in [-0.3, -0.25) is 10.9 Å². The SMILES string of the molecule is S=C(NNc1nc(-c2ccccc2)c2cc(Cl)ccc2n1)Nc1ccccc1. The van der Waals surface area contributed by atoms with Crippen LogP contribution in [-0.2, 0) is 0 Å². The van der Waals surface area contributed by atoms with E-state index in [4.69, 9.17) is 23.8 Å². The number of benzene rings is 3. The first-order valence-corrected chi connectivity index (χ1v) is 9.38. The molecule has 28 heavy (non-hydrogen) atoms. The standard InChI is InChI=1S/C21H16ClN5S/c22-15-11-12-18-17(13-15)19(14-7-3-1-4-8-14)25-20(24-18)26-27-21(28)23-16-9-5-2-6-10-16/h1-13H,(H2,23,27,28)(H,24,25,26). The molecule has 0 spiro atoms. The zero-order valence-electron chi connectivity index (χ0n) is 14.7. The molecule has 0 saturated heterocycles. The molecule has 0 aliphatic heterocycles. The number of hydrogen-bond acceptors (Lipinski definition) is 4. The molecule has 7 heteroatoms. The highest BCUT2D eigenvalue weighted by atomic mass is 35.5. The third kappa shape index (κ3) is 4.19. The second-order valence-corrected chi connectivity index (χ2v) is 6.84. The van der Waals surface area contributed by atoms with Gasteiger partial charge in [-0.1, -0.05) is 60.1 Å². The highest BCUT2D eigenvalue weighted by Crippen LogP contribution is 2.29. The lowest BCUT2D eigenvalue weighted by atomic mass is 10.1. The molecule has 0 unspecified atom stereocenters. The Labute approximate surface area is 172 Å². The van der Waals surface area contributed by atoms with Gasteiger partial charge < -0.3 is 5.32 Å². The minimum atomic E-state index is 0.408. The molecular formula is C21H16ClN5S. The Morgan fingerprint density at radius 3 is 2.32 bits per heavy atom. The highest BCUT2D eigenvalue weighted by Gasteiger charge is 2.10. The summed E-state index contributed by atoms with van der Waals surface area (Å²) >= 11 is 11.5. The maximum absolute atomic E-state index is 6.19. The summed E-state index contributed by atoms with van der Waals surface area (Å²) in [5.41, 5.74) is 9.33. The van der Waals surface area contributed by atoms with Crippen LogP contribution in [0.1, 0.15) is 0 Å². The van der Waals surface area contributed by atoms with Crippen LogP contribution in [0.15, 0.2) is 78.9 Å². The molecule has 0 amide bonds. The van der Waals surface area contributed by atoms with Crippen LogP contribution in [0.25, 0.3) is 22.2 Å². The largest absolute Gasteiger partial charge is 0.331 e. The van der Waals surface area contributed by atoms with Gasteiger partial charge in [0.2, 0.25) is 5.95 Å². The third-order valence-corrected chi connectivity index (χ3v) is 4.46. The molecule has 0 aliphatic rings. The lowest BCUT2D eigenvalue weighted by Gasteiger charge is -2.13. The van der Waals surface area contributed by atoms with Crippen molar-refractivity contribution < 1.29 is 0 Å². The molecule has 0 radical (unpaired) electrons. The maximum atomic E-state index is 6.19. The minimum Gasteiger partial charge on any atom is -0.331 e. The van der Waals surface area contributed by atoms with Crippen LogP contribution >= 0.6 is 23.8 Å².